The zero-order valence-corrected chi connectivity index (χ0v) is 19.1. The van der Waals surface area contributed by atoms with Crippen molar-refractivity contribution >= 4 is 11.9 Å². The molecular formula is C25H34N4O2. The van der Waals surface area contributed by atoms with E-state index >= 15 is 0 Å². The Bertz CT molecular complexity index is 919. The van der Waals surface area contributed by atoms with Gasteiger partial charge < -0.3 is 20.3 Å². The summed E-state index contributed by atoms with van der Waals surface area (Å²) in [5.74, 6) is 1.79. The second kappa shape index (κ2) is 10.3. The number of benzene rings is 2. The Kier molecular flexibility index (Phi) is 7.55. The minimum Gasteiger partial charge on any atom is -0.496 e. The molecule has 0 atom stereocenters. The highest BCUT2D eigenvalue weighted by Crippen LogP contribution is 2.51. The molecule has 1 fully saturated rings. The summed E-state index contributed by atoms with van der Waals surface area (Å²) in [5, 5.41) is 6.77. The normalized spacial score (nSPS) is 14.6. The Morgan fingerprint density at radius 2 is 1.90 bits per heavy atom. The summed E-state index contributed by atoms with van der Waals surface area (Å²) >= 11 is 0. The Labute approximate surface area is 185 Å². The maximum Gasteiger partial charge on any atom is 0.253 e. The molecule has 1 amide bonds. The van der Waals surface area contributed by atoms with Crippen molar-refractivity contribution in [3.8, 4) is 5.75 Å². The number of amides is 1. The molecule has 0 spiro atoms. The lowest BCUT2D eigenvalue weighted by atomic mass is 9.95. The van der Waals surface area contributed by atoms with Crippen LogP contribution in [-0.4, -0.2) is 57.6 Å². The third-order valence-electron chi connectivity index (χ3n) is 5.70. The Morgan fingerprint density at radius 1 is 1.13 bits per heavy atom. The lowest BCUT2D eigenvalue weighted by Gasteiger charge is -2.18. The van der Waals surface area contributed by atoms with Crippen LogP contribution in [0.4, 0.5) is 0 Å². The van der Waals surface area contributed by atoms with Crippen LogP contribution in [0.15, 0.2) is 53.5 Å². The van der Waals surface area contributed by atoms with Crippen molar-refractivity contribution in [1.82, 2.24) is 15.5 Å². The second-order valence-corrected chi connectivity index (χ2v) is 8.25. The van der Waals surface area contributed by atoms with Crippen molar-refractivity contribution in [3.05, 3.63) is 65.2 Å². The lowest BCUT2D eigenvalue weighted by molar-refractivity contribution is 0.0827. The first-order valence-corrected chi connectivity index (χ1v) is 11.0. The van der Waals surface area contributed by atoms with Gasteiger partial charge in [-0.2, -0.15) is 0 Å². The van der Waals surface area contributed by atoms with E-state index in [4.69, 9.17) is 9.73 Å². The van der Waals surface area contributed by atoms with E-state index in [9.17, 15) is 4.79 Å². The Hall–Kier alpha value is -3.02. The molecule has 2 aromatic carbocycles. The number of aliphatic imine (C=N–C) groups is 1. The van der Waals surface area contributed by atoms with Gasteiger partial charge in [-0.15, -0.1) is 0 Å². The summed E-state index contributed by atoms with van der Waals surface area (Å²) in [6.07, 6.45) is 3.07. The third-order valence-corrected chi connectivity index (χ3v) is 5.70. The van der Waals surface area contributed by atoms with Crippen LogP contribution >= 0.6 is 0 Å². The zero-order valence-electron chi connectivity index (χ0n) is 19.1. The van der Waals surface area contributed by atoms with Gasteiger partial charge in [0.05, 0.1) is 13.7 Å². The molecule has 166 valence electrons. The Balaban J connectivity index is 1.61. The van der Waals surface area contributed by atoms with Gasteiger partial charge >= 0.3 is 0 Å². The molecule has 3 rings (SSSR count). The van der Waals surface area contributed by atoms with E-state index in [1.165, 1.54) is 5.56 Å². The highest BCUT2D eigenvalue weighted by Gasteiger charge is 2.46. The molecule has 2 aromatic rings. The molecule has 0 bridgehead atoms. The van der Waals surface area contributed by atoms with Gasteiger partial charge in [0, 0.05) is 43.7 Å². The Morgan fingerprint density at radius 3 is 2.58 bits per heavy atom. The number of methoxy groups -OCH3 is 1. The third kappa shape index (κ3) is 5.78. The van der Waals surface area contributed by atoms with Gasteiger partial charge in [0.2, 0.25) is 0 Å². The number of carbonyl (C=O) groups excluding carboxylic acids is 1. The molecule has 0 heterocycles. The van der Waals surface area contributed by atoms with Gasteiger partial charge in [0.25, 0.3) is 5.91 Å². The van der Waals surface area contributed by atoms with E-state index in [0.29, 0.717) is 0 Å². The fraction of sp³-hybridized carbons (Fsp3) is 0.440. The zero-order chi connectivity index (χ0) is 22.3. The molecule has 1 aliphatic carbocycles. The van der Waals surface area contributed by atoms with Crippen LogP contribution in [0.1, 0.15) is 41.3 Å². The summed E-state index contributed by atoms with van der Waals surface area (Å²) in [5.41, 5.74) is 3.18. The van der Waals surface area contributed by atoms with Crippen LogP contribution in [-0.2, 0) is 11.8 Å². The molecule has 2 N–H and O–H groups in total. The SMILES string of the molecule is CCNC(=NCC1(c2ccccc2OC)CC1)NCCc1cccc(C(=O)N(C)C)c1. The number of carbonyl (C=O) groups is 1. The number of ether oxygens (including phenoxy) is 1. The van der Waals surface area contributed by atoms with Crippen molar-refractivity contribution in [2.45, 2.75) is 31.6 Å². The lowest BCUT2D eigenvalue weighted by Crippen LogP contribution is -2.39. The second-order valence-electron chi connectivity index (χ2n) is 8.25. The van der Waals surface area contributed by atoms with Gasteiger partial charge in [-0.1, -0.05) is 30.3 Å². The molecule has 1 aliphatic rings. The molecule has 0 aromatic heterocycles. The fourth-order valence-corrected chi connectivity index (χ4v) is 3.76. The largest absolute Gasteiger partial charge is 0.496 e. The highest BCUT2D eigenvalue weighted by atomic mass is 16.5. The van der Waals surface area contributed by atoms with Crippen molar-refractivity contribution < 1.29 is 9.53 Å². The van der Waals surface area contributed by atoms with Gasteiger partial charge in [-0.25, -0.2) is 0 Å². The van der Waals surface area contributed by atoms with Crippen LogP contribution in [0.5, 0.6) is 5.75 Å². The molecule has 6 heteroatoms. The van der Waals surface area contributed by atoms with Crippen LogP contribution < -0.4 is 15.4 Å². The average molecular weight is 423 g/mol. The molecule has 0 unspecified atom stereocenters. The van der Waals surface area contributed by atoms with Crippen molar-refractivity contribution in [2.24, 2.45) is 4.99 Å². The highest BCUT2D eigenvalue weighted by molar-refractivity contribution is 5.94. The fourth-order valence-electron chi connectivity index (χ4n) is 3.76. The number of nitrogens with one attached hydrogen (secondary N) is 2. The number of nitrogens with zero attached hydrogens (tertiary/aromatic N) is 2. The number of rotatable bonds is 9. The monoisotopic (exact) mass is 422 g/mol. The number of para-hydroxylation sites is 1. The van der Waals surface area contributed by atoms with Gasteiger partial charge in [-0.05, 0) is 49.9 Å². The predicted molar refractivity (Wildman–Crippen MR) is 126 cm³/mol. The van der Waals surface area contributed by atoms with Crippen LogP contribution in [0.25, 0.3) is 0 Å². The summed E-state index contributed by atoms with van der Waals surface area (Å²) in [6.45, 7) is 4.35. The first-order chi connectivity index (χ1) is 15.0. The molecule has 0 radical (unpaired) electrons. The summed E-state index contributed by atoms with van der Waals surface area (Å²) in [7, 11) is 5.27. The molecular weight excluding hydrogens is 388 g/mol. The maximum atomic E-state index is 12.2. The van der Waals surface area contributed by atoms with E-state index in [0.717, 1.165) is 61.7 Å². The van der Waals surface area contributed by atoms with Gasteiger partial charge in [0.1, 0.15) is 5.75 Å². The topological polar surface area (TPSA) is 66.0 Å². The maximum absolute atomic E-state index is 12.2. The van der Waals surface area contributed by atoms with Crippen molar-refractivity contribution in [2.75, 3.05) is 40.8 Å². The van der Waals surface area contributed by atoms with E-state index in [1.807, 2.05) is 30.3 Å². The van der Waals surface area contributed by atoms with Gasteiger partial charge in [0.15, 0.2) is 5.96 Å². The minimum absolute atomic E-state index is 0.0239. The summed E-state index contributed by atoms with van der Waals surface area (Å²) in [4.78, 5) is 18.7. The standard InChI is InChI=1S/C25H34N4O2/c1-5-26-24(27-16-13-19-9-8-10-20(17-19)23(30)29(2)3)28-18-25(14-15-25)21-11-6-7-12-22(21)31-4/h6-12,17H,5,13-16,18H2,1-4H3,(H2,26,27,28). The van der Waals surface area contributed by atoms with Crippen molar-refractivity contribution in [1.29, 1.82) is 0 Å². The summed E-state index contributed by atoms with van der Waals surface area (Å²) in [6, 6.07) is 16.1. The number of hydrogen-bond acceptors (Lipinski definition) is 3. The van der Waals surface area contributed by atoms with Gasteiger partial charge in [-0.3, -0.25) is 9.79 Å². The summed E-state index contributed by atoms with van der Waals surface area (Å²) < 4.78 is 5.57. The first kappa shape index (κ1) is 22.7. The quantitative estimate of drug-likeness (QED) is 0.481. The molecule has 0 saturated heterocycles. The number of hydrogen-bond donors (Lipinski definition) is 2. The predicted octanol–water partition coefficient (Wildman–Crippen LogP) is 3.23. The van der Waals surface area contributed by atoms with Crippen LogP contribution in [0, 0.1) is 0 Å². The van der Waals surface area contributed by atoms with E-state index in [2.05, 4.69) is 35.8 Å². The average Bonchev–Trinajstić information content (AvgIpc) is 3.58. The first-order valence-electron chi connectivity index (χ1n) is 11.0. The number of guanidine groups is 1. The van der Waals surface area contributed by atoms with E-state index < -0.39 is 0 Å². The molecule has 0 aliphatic heterocycles. The van der Waals surface area contributed by atoms with E-state index in [-0.39, 0.29) is 11.3 Å². The van der Waals surface area contributed by atoms with Crippen LogP contribution in [0.3, 0.4) is 0 Å². The van der Waals surface area contributed by atoms with E-state index in [1.54, 1.807) is 26.1 Å². The van der Waals surface area contributed by atoms with Crippen molar-refractivity contribution in [3.63, 3.8) is 0 Å². The molecule has 31 heavy (non-hydrogen) atoms. The molecule has 6 nitrogen and oxygen atoms in total. The minimum atomic E-state index is 0.0239. The molecule has 1 saturated carbocycles. The smallest absolute Gasteiger partial charge is 0.253 e. The van der Waals surface area contributed by atoms with Crippen LogP contribution in [0.2, 0.25) is 0 Å².